The van der Waals surface area contributed by atoms with E-state index in [2.05, 4.69) is 83.4 Å². The predicted molar refractivity (Wildman–Crippen MR) is 140 cm³/mol. The zero-order chi connectivity index (χ0) is 22.5. The van der Waals surface area contributed by atoms with Crippen molar-refractivity contribution >= 4 is 35.6 Å². The molecule has 0 atom stereocenters. The van der Waals surface area contributed by atoms with E-state index in [4.69, 9.17) is 0 Å². The van der Waals surface area contributed by atoms with E-state index >= 15 is 0 Å². The number of nitrogens with zero attached hydrogens (tertiary/aromatic N) is 1. The molecule has 6 rings (SSSR count). The number of rotatable bonds is 3. The Hall–Kier alpha value is -4.00. The van der Waals surface area contributed by atoms with Gasteiger partial charge in [0.1, 0.15) is 0 Å². The normalized spacial score (nSPS) is 10.8. The number of para-hydroxylation sites is 3. The van der Waals surface area contributed by atoms with Crippen LogP contribution >= 0.6 is 8.46 Å². The molecule has 3 heteroatoms. The predicted octanol–water partition coefficient (Wildman–Crippen LogP) is 8.05. The Bertz CT molecular complexity index is 1470. The van der Waals surface area contributed by atoms with Gasteiger partial charge in [0.05, 0.1) is 16.3 Å². The molecule has 0 spiro atoms. The monoisotopic (exact) mass is 443 g/mol. The smallest absolute Gasteiger partial charge is 0.194 e. The van der Waals surface area contributed by atoms with E-state index in [1.165, 1.54) is 16.5 Å². The van der Waals surface area contributed by atoms with Crippen LogP contribution in [-0.2, 0) is 4.57 Å². The van der Waals surface area contributed by atoms with Crippen molar-refractivity contribution in [2.24, 2.45) is 0 Å². The summed E-state index contributed by atoms with van der Waals surface area (Å²) >= 11 is 0. The Morgan fingerprint density at radius 3 is 1.61 bits per heavy atom. The maximum atomic E-state index is 11.6. The third kappa shape index (κ3) is 4.22. The minimum absolute atomic E-state index is 0.0453. The molecule has 0 saturated carbocycles. The summed E-state index contributed by atoms with van der Waals surface area (Å²) in [5, 5.41) is 3.13. The molecule has 0 aliphatic carbocycles. The molecule has 0 saturated heterocycles. The van der Waals surface area contributed by atoms with Gasteiger partial charge in [-0.2, -0.15) is 0 Å². The maximum Gasteiger partial charge on any atom is 0.194 e. The fraction of sp³-hybridized carbons (Fsp3) is 0. The molecule has 2 nitrogen and oxygen atoms in total. The van der Waals surface area contributed by atoms with Gasteiger partial charge in [0.25, 0.3) is 0 Å². The topological polar surface area (TPSA) is 22.0 Å². The summed E-state index contributed by atoms with van der Waals surface area (Å²) in [4.78, 5) is 0. The Morgan fingerprint density at radius 1 is 0.485 bits per heavy atom. The molecule has 5 aromatic carbocycles. The van der Waals surface area contributed by atoms with E-state index in [1.54, 1.807) is 0 Å². The van der Waals surface area contributed by atoms with Crippen LogP contribution in [0, 0.1) is 0 Å². The van der Waals surface area contributed by atoms with Crippen LogP contribution in [0.2, 0.25) is 0 Å². The van der Waals surface area contributed by atoms with Crippen molar-refractivity contribution in [3.8, 4) is 16.8 Å². The molecule has 0 amide bonds. The summed E-state index contributed by atoms with van der Waals surface area (Å²) in [5.74, 6) is 0. The average molecular weight is 443 g/mol. The lowest BCUT2D eigenvalue weighted by Gasteiger charge is -2.08. The van der Waals surface area contributed by atoms with Gasteiger partial charge in [-0.1, -0.05) is 109 Å². The van der Waals surface area contributed by atoms with Crippen LogP contribution in [-0.4, -0.2) is 4.57 Å². The first-order valence-electron chi connectivity index (χ1n) is 10.9. The number of aromatic nitrogens is 1. The molecule has 0 aliphatic rings. The van der Waals surface area contributed by atoms with E-state index in [1.807, 2.05) is 54.6 Å². The Kier molecular flexibility index (Phi) is 6.10. The molecule has 0 aliphatic heterocycles. The average Bonchev–Trinajstić information content (AvgIpc) is 3.25. The summed E-state index contributed by atoms with van der Waals surface area (Å²) in [5.41, 5.74) is 5.78. The fourth-order valence-corrected chi connectivity index (χ4v) is 4.63. The Morgan fingerprint density at radius 2 is 1.00 bits per heavy atom. The van der Waals surface area contributed by atoms with E-state index in [9.17, 15) is 4.57 Å². The first-order chi connectivity index (χ1) is 16.4. The van der Waals surface area contributed by atoms with Crippen molar-refractivity contribution in [2.45, 2.75) is 0 Å². The van der Waals surface area contributed by atoms with Crippen LogP contribution < -0.4 is 5.30 Å². The molecule has 33 heavy (non-hydrogen) atoms. The second-order valence-electron chi connectivity index (χ2n) is 7.68. The van der Waals surface area contributed by atoms with Crippen molar-refractivity contribution in [3.63, 3.8) is 0 Å². The van der Waals surface area contributed by atoms with E-state index < -0.39 is 0 Å². The molecule has 0 fully saturated rings. The van der Waals surface area contributed by atoms with E-state index in [0.29, 0.717) is 0 Å². The van der Waals surface area contributed by atoms with E-state index in [0.717, 1.165) is 27.4 Å². The van der Waals surface area contributed by atoms with Gasteiger partial charge in [-0.15, -0.1) is 0 Å². The van der Waals surface area contributed by atoms with Crippen LogP contribution in [0.25, 0.3) is 38.6 Å². The van der Waals surface area contributed by atoms with Gasteiger partial charge in [-0.25, -0.2) is 0 Å². The number of fused-ring (bicyclic) bond motifs is 3. The summed E-state index contributed by atoms with van der Waals surface area (Å²) < 4.78 is 13.8. The number of benzene rings is 5. The summed E-state index contributed by atoms with van der Waals surface area (Å²) in [6, 6.07) is 45.2. The van der Waals surface area contributed by atoms with Crippen LogP contribution in [0.1, 0.15) is 0 Å². The molecule has 0 unspecified atom stereocenters. The lowest BCUT2D eigenvalue weighted by molar-refractivity contribution is 0.603. The fourth-order valence-electron chi connectivity index (χ4n) is 4.18. The zero-order valence-corrected chi connectivity index (χ0v) is 18.9. The molecule has 0 N–H and O–H groups in total. The standard InChI is InChI=1S/C18H12NOP.C12H10/c20-21-17-12-6-10-15-14-9-4-5-11-16(14)19(18(15)17)13-7-2-1-3-8-13;1-3-7-11(8-4-1)12-9-5-2-6-10-12/h1-12H;1-10H. The van der Waals surface area contributed by atoms with Gasteiger partial charge < -0.3 is 4.57 Å². The minimum Gasteiger partial charge on any atom is -0.308 e. The summed E-state index contributed by atoms with van der Waals surface area (Å²) in [6.07, 6.45) is 0. The highest BCUT2D eigenvalue weighted by atomic mass is 31.1. The third-order valence-corrected chi connectivity index (χ3v) is 6.22. The van der Waals surface area contributed by atoms with Gasteiger partial charge in [0.2, 0.25) is 0 Å². The third-order valence-electron chi connectivity index (χ3n) is 5.67. The lowest BCUT2D eigenvalue weighted by Crippen LogP contribution is -2.01. The molecular formula is C30H22NOP. The van der Waals surface area contributed by atoms with E-state index in [-0.39, 0.29) is 8.46 Å². The lowest BCUT2D eigenvalue weighted by atomic mass is 10.1. The van der Waals surface area contributed by atoms with Crippen molar-refractivity contribution < 1.29 is 4.57 Å². The Balaban J connectivity index is 0.000000162. The largest absolute Gasteiger partial charge is 0.308 e. The summed E-state index contributed by atoms with van der Waals surface area (Å²) in [6.45, 7) is 0. The molecule has 158 valence electrons. The van der Waals surface area contributed by atoms with Crippen molar-refractivity contribution in [2.75, 3.05) is 0 Å². The molecule has 6 aromatic rings. The first kappa shape index (κ1) is 20.9. The van der Waals surface area contributed by atoms with Gasteiger partial charge in [0.15, 0.2) is 8.46 Å². The maximum absolute atomic E-state index is 11.6. The second-order valence-corrected chi connectivity index (χ2v) is 8.35. The SMILES string of the molecule is O=Pc1cccc2c3ccccc3n(-c3ccccc3)c12.c1ccc(-c2ccccc2)cc1. The quantitative estimate of drug-likeness (QED) is 0.254. The molecule has 0 radical (unpaired) electrons. The molecule has 0 bridgehead atoms. The highest BCUT2D eigenvalue weighted by molar-refractivity contribution is 7.34. The van der Waals surface area contributed by atoms with Gasteiger partial charge in [-0.3, -0.25) is 4.57 Å². The highest BCUT2D eigenvalue weighted by Crippen LogP contribution is 2.31. The van der Waals surface area contributed by atoms with Crippen molar-refractivity contribution in [3.05, 3.63) is 133 Å². The van der Waals surface area contributed by atoms with Crippen LogP contribution in [0.4, 0.5) is 0 Å². The first-order valence-corrected chi connectivity index (χ1v) is 11.7. The summed E-state index contributed by atoms with van der Waals surface area (Å²) in [7, 11) is 0.0453. The van der Waals surface area contributed by atoms with Crippen LogP contribution in [0.15, 0.2) is 133 Å². The van der Waals surface area contributed by atoms with Crippen molar-refractivity contribution in [1.82, 2.24) is 4.57 Å². The van der Waals surface area contributed by atoms with Gasteiger partial charge >= 0.3 is 0 Å². The number of hydrogen-bond acceptors (Lipinski definition) is 1. The van der Waals surface area contributed by atoms with Crippen molar-refractivity contribution in [1.29, 1.82) is 0 Å². The molecular weight excluding hydrogens is 421 g/mol. The van der Waals surface area contributed by atoms with Crippen LogP contribution in [0.3, 0.4) is 0 Å². The van der Waals surface area contributed by atoms with Gasteiger partial charge in [0, 0.05) is 16.5 Å². The minimum atomic E-state index is 0.0453. The zero-order valence-electron chi connectivity index (χ0n) is 18.0. The number of hydrogen-bond donors (Lipinski definition) is 0. The molecule has 1 heterocycles. The Labute approximate surface area is 195 Å². The second kappa shape index (κ2) is 9.65. The molecule has 1 aromatic heterocycles. The van der Waals surface area contributed by atoms with Crippen LogP contribution in [0.5, 0.6) is 0 Å². The van der Waals surface area contributed by atoms with Gasteiger partial charge in [-0.05, 0) is 35.4 Å². The highest BCUT2D eigenvalue weighted by Gasteiger charge is 2.14.